The number of aromatic nitrogens is 2. The summed E-state index contributed by atoms with van der Waals surface area (Å²) in [7, 11) is 0. The lowest BCUT2D eigenvalue weighted by Crippen LogP contribution is -2.16. The minimum Gasteiger partial charge on any atom is -0.366 e. The van der Waals surface area contributed by atoms with Crippen molar-refractivity contribution < 1.29 is 0 Å². The number of anilines is 1. The summed E-state index contributed by atoms with van der Waals surface area (Å²) >= 11 is 0. The third-order valence-electron chi connectivity index (χ3n) is 2.18. The van der Waals surface area contributed by atoms with Crippen molar-refractivity contribution in [1.29, 1.82) is 0 Å². The van der Waals surface area contributed by atoms with Crippen molar-refractivity contribution in [2.75, 3.05) is 5.32 Å². The van der Waals surface area contributed by atoms with Gasteiger partial charge in [0.05, 0.1) is 6.20 Å². The average molecular weight is 193 g/mol. The van der Waals surface area contributed by atoms with E-state index >= 15 is 0 Å². The van der Waals surface area contributed by atoms with Crippen molar-refractivity contribution >= 4 is 5.82 Å². The van der Waals surface area contributed by atoms with Crippen molar-refractivity contribution in [1.82, 2.24) is 10.2 Å². The third-order valence-corrected chi connectivity index (χ3v) is 2.18. The molecule has 0 spiro atoms. The molecule has 0 aliphatic rings. The smallest absolute Gasteiger partial charge is 0.149 e. The fraction of sp³-hybridized carbons (Fsp3) is 0.636. The quantitative estimate of drug-likeness (QED) is 0.781. The Bertz CT molecular complexity index is 273. The van der Waals surface area contributed by atoms with E-state index in [0.717, 1.165) is 11.4 Å². The molecular formula is C11H19N3. The van der Waals surface area contributed by atoms with E-state index in [4.69, 9.17) is 0 Å². The zero-order valence-electron chi connectivity index (χ0n) is 9.25. The zero-order chi connectivity index (χ0) is 10.4. The molecule has 1 atom stereocenters. The molecule has 0 aliphatic carbocycles. The number of unbranched alkanes of at least 4 members (excludes halogenated alkanes) is 1. The molecule has 0 fully saturated rings. The number of rotatable bonds is 5. The summed E-state index contributed by atoms with van der Waals surface area (Å²) in [6.45, 7) is 6.41. The highest BCUT2D eigenvalue weighted by molar-refractivity contribution is 5.35. The number of nitrogens with one attached hydrogen (secondary N) is 1. The van der Waals surface area contributed by atoms with E-state index in [-0.39, 0.29) is 0 Å². The molecule has 1 rings (SSSR count). The molecule has 1 unspecified atom stereocenters. The Kier molecular flexibility index (Phi) is 4.36. The predicted molar refractivity (Wildman–Crippen MR) is 59.4 cm³/mol. The molecule has 78 valence electrons. The standard InChI is InChI=1S/C11H19N3/c1-4-5-6-10(3)13-11-7-9(2)8-12-14-11/h7-8,10H,4-6H2,1-3H3,(H,13,14). The van der Waals surface area contributed by atoms with Gasteiger partial charge in [-0.2, -0.15) is 5.10 Å². The summed E-state index contributed by atoms with van der Waals surface area (Å²) in [5, 5.41) is 11.3. The van der Waals surface area contributed by atoms with Crippen molar-refractivity contribution in [2.24, 2.45) is 0 Å². The molecular weight excluding hydrogens is 174 g/mol. The SMILES string of the molecule is CCCCC(C)Nc1cc(C)cnn1. The first-order valence-corrected chi connectivity index (χ1v) is 5.28. The first-order chi connectivity index (χ1) is 6.72. The highest BCUT2D eigenvalue weighted by Crippen LogP contribution is 2.08. The van der Waals surface area contributed by atoms with Crippen LogP contribution >= 0.6 is 0 Å². The molecule has 0 saturated heterocycles. The second kappa shape index (κ2) is 5.58. The van der Waals surface area contributed by atoms with E-state index in [0.29, 0.717) is 6.04 Å². The Morgan fingerprint density at radius 3 is 2.93 bits per heavy atom. The summed E-state index contributed by atoms with van der Waals surface area (Å²) < 4.78 is 0. The first kappa shape index (κ1) is 11.0. The van der Waals surface area contributed by atoms with Gasteiger partial charge in [0.2, 0.25) is 0 Å². The molecule has 0 aromatic carbocycles. The molecule has 0 saturated carbocycles. The van der Waals surface area contributed by atoms with E-state index in [1.807, 2.05) is 13.0 Å². The van der Waals surface area contributed by atoms with Gasteiger partial charge in [-0.25, -0.2) is 0 Å². The van der Waals surface area contributed by atoms with E-state index in [1.54, 1.807) is 6.20 Å². The van der Waals surface area contributed by atoms with E-state index in [2.05, 4.69) is 29.4 Å². The summed E-state index contributed by atoms with van der Waals surface area (Å²) in [4.78, 5) is 0. The van der Waals surface area contributed by atoms with Gasteiger partial charge in [-0.15, -0.1) is 5.10 Å². The van der Waals surface area contributed by atoms with Crippen LogP contribution in [0.15, 0.2) is 12.3 Å². The topological polar surface area (TPSA) is 37.8 Å². The predicted octanol–water partition coefficient (Wildman–Crippen LogP) is 2.78. The van der Waals surface area contributed by atoms with Crippen molar-refractivity contribution in [3.05, 3.63) is 17.8 Å². The minimum absolute atomic E-state index is 0.478. The van der Waals surface area contributed by atoms with Gasteiger partial charge in [-0.3, -0.25) is 0 Å². The van der Waals surface area contributed by atoms with Gasteiger partial charge in [-0.05, 0) is 31.9 Å². The molecule has 1 N–H and O–H groups in total. The number of nitrogens with zero attached hydrogens (tertiary/aromatic N) is 2. The molecule has 14 heavy (non-hydrogen) atoms. The molecule has 3 heteroatoms. The molecule has 3 nitrogen and oxygen atoms in total. The van der Waals surface area contributed by atoms with Gasteiger partial charge in [0, 0.05) is 6.04 Å². The Morgan fingerprint density at radius 2 is 2.29 bits per heavy atom. The molecule has 0 radical (unpaired) electrons. The molecule has 1 aromatic heterocycles. The van der Waals surface area contributed by atoms with Gasteiger partial charge < -0.3 is 5.32 Å². The lowest BCUT2D eigenvalue weighted by atomic mass is 10.1. The molecule has 0 aliphatic heterocycles. The van der Waals surface area contributed by atoms with E-state index in [9.17, 15) is 0 Å². The van der Waals surface area contributed by atoms with E-state index in [1.165, 1.54) is 19.3 Å². The maximum Gasteiger partial charge on any atom is 0.149 e. The van der Waals surface area contributed by atoms with Crippen molar-refractivity contribution in [2.45, 2.75) is 46.1 Å². The van der Waals surface area contributed by atoms with Crippen LogP contribution in [-0.2, 0) is 0 Å². The Balaban J connectivity index is 2.43. The van der Waals surface area contributed by atoms with Crippen LogP contribution in [0.4, 0.5) is 5.82 Å². The average Bonchev–Trinajstić information content (AvgIpc) is 2.15. The van der Waals surface area contributed by atoms with Gasteiger partial charge in [-0.1, -0.05) is 19.8 Å². The maximum absolute atomic E-state index is 4.03. The summed E-state index contributed by atoms with van der Waals surface area (Å²) in [6, 6.07) is 2.50. The van der Waals surface area contributed by atoms with Gasteiger partial charge in [0.25, 0.3) is 0 Å². The lowest BCUT2D eigenvalue weighted by molar-refractivity contribution is 0.642. The second-order valence-electron chi connectivity index (χ2n) is 3.81. The number of hydrogen-bond acceptors (Lipinski definition) is 3. The second-order valence-corrected chi connectivity index (χ2v) is 3.81. The molecule has 0 amide bonds. The van der Waals surface area contributed by atoms with Gasteiger partial charge in [0.15, 0.2) is 0 Å². The van der Waals surface area contributed by atoms with Crippen molar-refractivity contribution in [3.8, 4) is 0 Å². The lowest BCUT2D eigenvalue weighted by Gasteiger charge is -2.13. The fourth-order valence-corrected chi connectivity index (χ4v) is 1.37. The van der Waals surface area contributed by atoms with Crippen LogP contribution in [0.3, 0.4) is 0 Å². The van der Waals surface area contributed by atoms with Crippen molar-refractivity contribution in [3.63, 3.8) is 0 Å². The first-order valence-electron chi connectivity index (χ1n) is 5.28. The van der Waals surface area contributed by atoms with Crippen LogP contribution in [-0.4, -0.2) is 16.2 Å². The highest BCUT2D eigenvalue weighted by Gasteiger charge is 2.02. The van der Waals surface area contributed by atoms with Crippen LogP contribution in [0.25, 0.3) is 0 Å². The molecule has 1 heterocycles. The monoisotopic (exact) mass is 193 g/mol. The third kappa shape index (κ3) is 3.73. The summed E-state index contributed by atoms with van der Waals surface area (Å²) in [5.41, 5.74) is 1.14. The Hall–Kier alpha value is -1.12. The minimum atomic E-state index is 0.478. The van der Waals surface area contributed by atoms with Gasteiger partial charge in [0.1, 0.15) is 5.82 Å². The molecule has 1 aromatic rings. The normalized spacial score (nSPS) is 12.5. The summed E-state index contributed by atoms with van der Waals surface area (Å²) in [5.74, 6) is 0.883. The maximum atomic E-state index is 4.03. The highest BCUT2D eigenvalue weighted by atomic mass is 15.2. The Labute approximate surface area is 85.9 Å². The van der Waals surface area contributed by atoms with Gasteiger partial charge >= 0.3 is 0 Å². The molecule has 0 bridgehead atoms. The fourth-order valence-electron chi connectivity index (χ4n) is 1.37. The van der Waals surface area contributed by atoms with Crippen LogP contribution in [0.2, 0.25) is 0 Å². The largest absolute Gasteiger partial charge is 0.366 e. The van der Waals surface area contributed by atoms with Crippen LogP contribution in [0, 0.1) is 6.92 Å². The van der Waals surface area contributed by atoms with E-state index < -0.39 is 0 Å². The Morgan fingerprint density at radius 1 is 1.50 bits per heavy atom. The number of hydrogen-bond donors (Lipinski definition) is 1. The van der Waals surface area contributed by atoms with Crippen LogP contribution in [0.5, 0.6) is 0 Å². The van der Waals surface area contributed by atoms with Crippen LogP contribution in [0.1, 0.15) is 38.7 Å². The van der Waals surface area contributed by atoms with Crippen LogP contribution < -0.4 is 5.32 Å². The zero-order valence-corrected chi connectivity index (χ0v) is 9.25. The number of aryl methyl sites for hydroxylation is 1. The summed E-state index contributed by atoms with van der Waals surface area (Å²) in [6.07, 6.45) is 5.45.